The van der Waals surface area contributed by atoms with Gasteiger partial charge in [-0.2, -0.15) is 4.31 Å². The van der Waals surface area contributed by atoms with Gasteiger partial charge in [0.2, 0.25) is 10.0 Å². The summed E-state index contributed by atoms with van der Waals surface area (Å²) >= 11 is 0. The van der Waals surface area contributed by atoms with E-state index >= 15 is 0 Å². The summed E-state index contributed by atoms with van der Waals surface area (Å²) in [6.45, 7) is 3.43. The summed E-state index contributed by atoms with van der Waals surface area (Å²) in [4.78, 5) is 0.330. The number of aryl methyl sites for hydroxylation is 1. The van der Waals surface area contributed by atoms with E-state index < -0.39 is 10.0 Å². The van der Waals surface area contributed by atoms with Crippen LogP contribution in [0, 0.1) is 12.8 Å². The maximum atomic E-state index is 12.6. The van der Waals surface area contributed by atoms with E-state index in [1.165, 1.54) is 4.31 Å². The number of benzene rings is 1. The van der Waals surface area contributed by atoms with Crippen molar-refractivity contribution >= 4 is 10.0 Å². The highest BCUT2D eigenvalue weighted by Gasteiger charge is 2.32. The molecule has 0 radical (unpaired) electrons. The lowest BCUT2D eigenvalue weighted by atomic mass is 10.1. The second-order valence-electron chi connectivity index (χ2n) is 5.32. The summed E-state index contributed by atoms with van der Waals surface area (Å²) in [6, 6.07) is 5.10. The minimum Gasteiger partial charge on any atom is -0.396 e. The molecule has 0 spiro atoms. The molecule has 1 aromatic rings. The molecule has 112 valence electrons. The Morgan fingerprint density at radius 2 is 2.20 bits per heavy atom. The first-order valence-electron chi connectivity index (χ1n) is 6.89. The first kappa shape index (κ1) is 15.4. The van der Waals surface area contributed by atoms with Crippen LogP contribution in [0.2, 0.25) is 0 Å². The predicted molar refractivity (Wildman–Crippen MR) is 77.6 cm³/mol. The Hall–Kier alpha value is -0.950. The van der Waals surface area contributed by atoms with Gasteiger partial charge in [-0.15, -0.1) is 0 Å². The molecule has 20 heavy (non-hydrogen) atoms. The van der Waals surface area contributed by atoms with Gasteiger partial charge in [0, 0.05) is 26.2 Å². The average Bonchev–Trinajstić information content (AvgIpc) is 2.88. The molecule has 0 saturated carbocycles. The first-order chi connectivity index (χ1) is 9.48. The zero-order valence-corrected chi connectivity index (χ0v) is 12.6. The molecule has 0 aliphatic carbocycles. The van der Waals surface area contributed by atoms with Crippen LogP contribution in [-0.2, 0) is 16.6 Å². The van der Waals surface area contributed by atoms with Crippen LogP contribution in [0.1, 0.15) is 24.0 Å². The highest BCUT2D eigenvalue weighted by atomic mass is 32.2. The van der Waals surface area contributed by atoms with Crippen LogP contribution in [0.25, 0.3) is 0 Å². The fourth-order valence-electron chi connectivity index (χ4n) is 2.64. The van der Waals surface area contributed by atoms with E-state index in [4.69, 9.17) is 10.8 Å². The van der Waals surface area contributed by atoms with Crippen molar-refractivity contribution in [3.05, 3.63) is 29.3 Å². The lowest BCUT2D eigenvalue weighted by Crippen LogP contribution is -2.29. The molecule has 1 aromatic carbocycles. The summed E-state index contributed by atoms with van der Waals surface area (Å²) in [5.74, 6) is 0.263. The van der Waals surface area contributed by atoms with Crippen LogP contribution >= 0.6 is 0 Å². The summed E-state index contributed by atoms with van der Waals surface area (Å²) in [5.41, 5.74) is 7.46. The molecule has 3 N–H and O–H groups in total. The second kappa shape index (κ2) is 6.22. The van der Waals surface area contributed by atoms with Crippen LogP contribution in [-0.4, -0.2) is 37.5 Å². The van der Waals surface area contributed by atoms with Gasteiger partial charge in [0.25, 0.3) is 0 Å². The smallest absolute Gasteiger partial charge is 0.243 e. The van der Waals surface area contributed by atoms with Crippen LogP contribution < -0.4 is 5.73 Å². The molecule has 1 aliphatic rings. The quantitative estimate of drug-likeness (QED) is 0.844. The van der Waals surface area contributed by atoms with Crippen molar-refractivity contribution in [2.24, 2.45) is 11.7 Å². The molecule has 1 aliphatic heterocycles. The van der Waals surface area contributed by atoms with Gasteiger partial charge in [0.05, 0.1) is 4.90 Å². The maximum Gasteiger partial charge on any atom is 0.243 e. The van der Waals surface area contributed by atoms with Crippen LogP contribution in [0.3, 0.4) is 0 Å². The topological polar surface area (TPSA) is 83.6 Å². The Kier molecular flexibility index (Phi) is 4.80. The number of sulfonamides is 1. The van der Waals surface area contributed by atoms with Gasteiger partial charge in [-0.25, -0.2) is 8.42 Å². The van der Waals surface area contributed by atoms with Crippen molar-refractivity contribution in [3.8, 4) is 0 Å². The van der Waals surface area contributed by atoms with Crippen molar-refractivity contribution in [3.63, 3.8) is 0 Å². The van der Waals surface area contributed by atoms with E-state index in [2.05, 4.69) is 0 Å². The van der Waals surface area contributed by atoms with E-state index in [1.807, 2.05) is 6.92 Å². The van der Waals surface area contributed by atoms with Crippen LogP contribution in [0.4, 0.5) is 0 Å². The number of hydrogen-bond acceptors (Lipinski definition) is 4. The maximum absolute atomic E-state index is 12.6. The van der Waals surface area contributed by atoms with Gasteiger partial charge in [-0.1, -0.05) is 6.07 Å². The summed E-state index contributed by atoms with van der Waals surface area (Å²) in [6.07, 6.45) is 1.48. The molecule has 5 nitrogen and oxygen atoms in total. The van der Waals surface area contributed by atoms with Gasteiger partial charge in [-0.05, 0) is 48.9 Å². The Morgan fingerprint density at radius 3 is 2.80 bits per heavy atom. The number of aliphatic hydroxyl groups is 1. The molecule has 2 rings (SSSR count). The zero-order chi connectivity index (χ0) is 14.8. The molecule has 0 bridgehead atoms. The van der Waals surface area contributed by atoms with Crippen molar-refractivity contribution in [1.82, 2.24) is 4.31 Å². The van der Waals surface area contributed by atoms with E-state index in [0.29, 0.717) is 31.0 Å². The third-order valence-corrected chi connectivity index (χ3v) is 5.82. The zero-order valence-electron chi connectivity index (χ0n) is 11.7. The second-order valence-corrected chi connectivity index (χ2v) is 7.26. The highest BCUT2D eigenvalue weighted by molar-refractivity contribution is 7.89. The number of aliphatic hydroxyl groups excluding tert-OH is 1. The van der Waals surface area contributed by atoms with E-state index in [-0.39, 0.29) is 12.5 Å². The standard InChI is InChI=1S/C14H22N2O3S/c1-11-8-14(3-2-13(11)9-15)20(18,19)16-6-4-12(10-16)5-7-17/h2-3,8,12,17H,4-7,9-10,15H2,1H3. The largest absolute Gasteiger partial charge is 0.396 e. The average molecular weight is 298 g/mol. The Labute approximate surface area is 120 Å². The summed E-state index contributed by atoms with van der Waals surface area (Å²) < 4.78 is 26.7. The minimum atomic E-state index is -3.43. The Morgan fingerprint density at radius 1 is 1.45 bits per heavy atom. The molecular weight excluding hydrogens is 276 g/mol. The molecule has 1 fully saturated rings. The molecule has 1 unspecified atom stereocenters. The van der Waals surface area contributed by atoms with E-state index in [1.54, 1.807) is 18.2 Å². The molecule has 1 heterocycles. The molecular formula is C14H22N2O3S. The van der Waals surface area contributed by atoms with E-state index in [9.17, 15) is 8.42 Å². The van der Waals surface area contributed by atoms with Gasteiger partial charge in [-0.3, -0.25) is 0 Å². The van der Waals surface area contributed by atoms with Gasteiger partial charge < -0.3 is 10.8 Å². The van der Waals surface area contributed by atoms with Crippen molar-refractivity contribution in [1.29, 1.82) is 0 Å². The van der Waals surface area contributed by atoms with Crippen molar-refractivity contribution in [2.75, 3.05) is 19.7 Å². The van der Waals surface area contributed by atoms with Crippen LogP contribution in [0.5, 0.6) is 0 Å². The van der Waals surface area contributed by atoms with Crippen LogP contribution in [0.15, 0.2) is 23.1 Å². The fraction of sp³-hybridized carbons (Fsp3) is 0.571. The molecule has 0 aromatic heterocycles. The fourth-order valence-corrected chi connectivity index (χ4v) is 4.26. The van der Waals surface area contributed by atoms with Crippen molar-refractivity contribution < 1.29 is 13.5 Å². The third kappa shape index (κ3) is 3.03. The number of hydrogen-bond donors (Lipinski definition) is 2. The SMILES string of the molecule is Cc1cc(S(=O)(=O)N2CCC(CCO)C2)ccc1CN. The number of rotatable bonds is 5. The monoisotopic (exact) mass is 298 g/mol. The minimum absolute atomic E-state index is 0.114. The van der Waals surface area contributed by atoms with E-state index in [0.717, 1.165) is 17.5 Å². The number of nitrogens with two attached hydrogens (primary N) is 1. The summed E-state index contributed by atoms with van der Waals surface area (Å²) in [7, 11) is -3.43. The van der Waals surface area contributed by atoms with Crippen molar-refractivity contribution in [2.45, 2.75) is 31.2 Å². The molecule has 1 saturated heterocycles. The van der Waals surface area contributed by atoms with Gasteiger partial charge >= 0.3 is 0 Å². The third-order valence-electron chi connectivity index (χ3n) is 3.96. The highest BCUT2D eigenvalue weighted by Crippen LogP contribution is 2.26. The Balaban J connectivity index is 2.21. The number of nitrogens with zero attached hydrogens (tertiary/aromatic N) is 1. The normalized spacial score (nSPS) is 20.4. The lowest BCUT2D eigenvalue weighted by Gasteiger charge is -2.17. The predicted octanol–water partition coefficient (Wildman–Crippen LogP) is 0.847. The molecule has 0 amide bonds. The summed E-state index contributed by atoms with van der Waals surface area (Å²) in [5, 5.41) is 8.95. The van der Waals surface area contributed by atoms with Gasteiger partial charge in [0.15, 0.2) is 0 Å². The molecule has 6 heteroatoms. The molecule has 1 atom stereocenters. The lowest BCUT2D eigenvalue weighted by molar-refractivity contribution is 0.259. The Bertz CT molecular complexity index is 572. The van der Waals surface area contributed by atoms with Gasteiger partial charge in [0.1, 0.15) is 0 Å². The first-order valence-corrected chi connectivity index (χ1v) is 8.33.